The monoisotopic (exact) mass is 509 g/mol. The van der Waals surface area contributed by atoms with E-state index in [1.165, 1.54) is 12.1 Å². The van der Waals surface area contributed by atoms with Gasteiger partial charge in [-0.15, -0.1) is 0 Å². The highest BCUT2D eigenvalue weighted by Gasteiger charge is 2.72. The van der Waals surface area contributed by atoms with E-state index in [-0.39, 0.29) is 34.9 Å². The van der Waals surface area contributed by atoms with Crippen LogP contribution in [0.5, 0.6) is 5.75 Å². The third kappa shape index (κ3) is 2.94. The molecule has 0 saturated heterocycles. The van der Waals surface area contributed by atoms with Crippen molar-refractivity contribution in [3.8, 4) is 5.75 Å². The molecule has 1 amide bonds. The van der Waals surface area contributed by atoms with Crippen LogP contribution in [0.25, 0.3) is 0 Å². The Morgan fingerprint density at radius 3 is 2.64 bits per heavy atom. The van der Waals surface area contributed by atoms with Gasteiger partial charge < -0.3 is 25.9 Å². The number of fused-ring (bicyclic) bond motifs is 5. The van der Waals surface area contributed by atoms with Crippen LogP contribution in [0.1, 0.15) is 64.6 Å². The zero-order valence-corrected chi connectivity index (χ0v) is 20.5. The number of hydrogen-bond donors (Lipinski definition) is 4. The van der Waals surface area contributed by atoms with E-state index in [9.17, 15) is 23.1 Å². The number of ether oxygens (including phenoxy) is 1. The van der Waals surface area contributed by atoms with Gasteiger partial charge in [0.05, 0.1) is 5.56 Å². The largest absolute Gasteiger partial charge is 0.454 e. The van der Waals surface area contributed by atoms with Crippen LogP contribution < -0.4 is 15.8 Å². The van der Waals surface area contributed by atoms with Gasteiger partial charge in [0.15, 0.2) is 9.84 Å². The Kier molecular flexibility index (Phi) is 4.57. The predicted octanol–water partition coefficient (Wildman–Crippen LogP) is 2.82. The van der Waals surface area contributed by atoms with E-state index < -0.39 is 32.9 Å². The normalized spacial score (nSPS) is 25.0. The Labute approximate surface area is 209 Å². The topological polar surface area (TPSA) is 152 Å². The maximum atomic E-state index is 14.0. The summed E-state index contributed by atoms with van der Waals surface area (Å²) in [4.78, 5) is 30.0. The van der Waals surface area contributed by atoms with E-state index in [0.29, 0.717) is 17.2 Å². The molecule has 3 aromatic rings. The van der Waals surface area contributed by atoms with Crippen LogP contribution in [-0.2, 0) is 21.2 Å². The van der Waals surface area contributed by atoms with Gasteiger partial charge in [0.25, 0.3) is 11.7 Å². The first-order chi connectivity index (χ1) is 17.0. The third-order valence-corrected chi connectivity index (χ3v) is 8.70. The Hall–Kier alpha value is -3.63. The van der Waals surface area contributed by atoms with Gasteiger partial charge in [0.1, 0.15) is 16.5 Å². The van der Waals surface area contributed by atoms with Gasteiger partial charge in [-0.1, -0.05) is 31.2 Å². The highest BCUT2D eigenvalue weighted by molar-refractivity contribution is 7.90. The van der Waals surface area contributed by atoms with Crippen molar-refractivity contribution in [2.45, 2.75) is 42.0 Å². The lowest BCUT2D eigenvalue weighted by atomic mass is 9.81. The van der Waals surface area contributed by atoms with Gasteiger partial charge >= 0.3 is 0 Å². The maximum Gasteiger partial charge on any atom is 0.271 e. The molecule has 6 rings (SSSR count). The first kappa shape index (κ1) is 22.8. The molecule has 1 saturated carbocycles. The van der Waals surface area contributed by atoms with Gasteiger partial charge in [-0.3, -0.25) is 9.59 Å². The summed E-state index contributed by atoms with van der Waals surface area (Å²) in [6, 6.07) is 12.7. The molecule has 2 aliphatic carbocycles. The lowest BCUT2D eigenvalue weighted by Gasteiger charge is -2.34. The van der Waals surface area contributed by atoms with Crippen molar-refractivity contribution in [1.29, 1.82) is 0 Å². The number of aromatic amines is 1. The number of H-pyrrole nitrogens is 1. The Balaban J connectivity index is 0.00000280. The number of hydrogen-bond acceptors (Lipinski definition) is 7. The van der Waals surface area contributed by atoms with Gasteiger partial charge in [0, 0.05) is 24.5 Å². The van der Waals surface area contributed by atoms with Crippen molar-refractivity contribution in [2.24, 2.45) is 5.92 Å². The number of carbonyl (C=O) groups is 2. The van der Waals surface area contributed by atoms with Crippen LogP contribution in [0.3, 0.4) is 0 Å². The van der Waals surface area contributed by atoms with Gasteiger partial charge in [-0.05, 0) is 54.5 Å². The molecular weight excluding hydrogens is 482 g/mol. The molecule has 1 fully saturated rings. The van der Waals surface area contributed by atoms with Crippen molar-refractivity contribution >= 4 is 27.2 Å². The average Bonchev–Trinajstić information content (AvgIpc) is 3.43. The Bertz CT molecular complexity index is 1580. The second-order valence-electron chi connectivity index (χ2n) is 9.94. The number of nitrogens with one attached hydrogen (secondary N) is 2. The van der Waals surface area contributed by atoms with Crippen LogP contribution >= 0.6 is 0 Å². The van der Waals surface area contributed by atoms with E-state index in [0.717, 1.165) is 24.7 Å². The number of nitrogens with two attached hydrogens (primary N) is 1. The van der Waals surface area contributed by atoms with Crippen LogP contribution in [0.15, 0.2) is 53.6 Å². The van der Waals surface area contributed by atoms with Gasteiger partial charge in [-0.2, -0.15) is 0 Å². The van der Waals surface area contributed by atoms with Crippen molar-refractivity contribution in [2.75, 3.05) is 12.0 Å². The van der Waals surface area contributed by atoms with Crippen LogP contribution in [0.4, 0.5) is 5.69 Å². The van der Waals surface area contributed by atoms with Crippen LogP contribution in [0.2, 0.25) is 0 Å². The zero-order chi connectivity index (χ0) is 25.6. The molecule has 1 aliphatic heterocycles. The third-order valence-electron chi connectivity index (χ3n) is 7.66. The molecule has 0 bridgehead atoms. The molecule has 0 spiro atoms. The molecule has 10 heteroatoms. The fraction of sp³-hybridized carbons (Fsp3) is 0.308. The highest BCUT2D eigenvalue weighted by Crippen LogP contribution is 2.59. The average molecular weight is 510 g/mol. The van der Waals surface area contributed by atoms with Crippen molar-refractivity contribution < 1.29 is 29.3 Å². The summed E-state index contributed by atoms with van der Waals surface area (Å²) >= 11 is 0. The summed E-state index contributed by atoms with van der Waals surface area (Å²) in [7, 11) is -3.59. The summed E-state index contributed by atoms with van der Waals surface area (Å²) in [6.45, 7) is 2.13. The van der Waals surface area contributed by atoms with Crippen LogP contribution in [-0.4, -0.2) is 36.5 Å². The number of amides is 1. The summed E-state index contributed by atoms with van der Waals surface area (Å²) in [5.41, 5.74) is 5.73. The minimum Gasteiger partial charge on any atom is -0.454 e. The number of ketones is 1. The van der Waals surface area contributed by atoms with Crippen LogP contribution in [0, 0.1) is 5.92 Å². The predicted molar refractivity (Wildman–Crippen MR) is 132 cm³/mol. The second-order valence-corrected chi connectivity index (χ2v) is 11.9. The standard InChI is InChI=1S/C26H25N3O6S.H2/c1-13(14-6-7-14)15-8-9-16-20(12-15)35-26(32)17-4-3-5-18(27)22(17)23(30)25(16,26)29-24(31)19-10-11-21(28-19)36(2,33)34;/h3-5,8-14,28,32H,6-7,27H2,1-2H3,(H,29,31);1H/t13-,25-,26-;/m1./s1. The Morgan fingerprint density at radius 2 is 1.97 bits per heavy atom. The molecule has 3 atom stereocenters. The van der Waals surface area contributed by atoms with E-state index in [1.54, 1.807) is 24.3 Å². The lowest BCUT2D eigenvalue weighted by Crippen LogP contribution is -2.60. The van der Waals surface area contributed by atoms with Crippen molar-refractivity contribution in [1.82, 2.24) is 10.3 Å². The molecule has 1 aromatic heterocycles. The van der Waals surface area contributed by atoms with Gasteiger partial charge in [-0.25, -0.2) is 8.42 Å². The Morgan fingerprint density at radius 1 is 1.22 bits per heavy atom. The molecule has 188 valence electrons. The van der Waals surface area contributed by atoms with E-state index in [1.807, 2.05) is 12.1 Å². The number of rotatable bonds is 5. The molecule has 9 nitrogen and oxygen atoms in total. The molecule has 2 aromatic carbocycles. The summed E-state index contributed by atoms with van der Waals surface area (Å²) in [5.74, 6) is -2.47. The second kappa shape index (κ2) is 7.21. The van der Waals surface area contributed by atoms with Crippen molar-refractivity contribution in [3.63, 3.8) is 0 Å². The summed E-state index contributed by atoms with van der Waals surface area (Å²) < 4.78 is 29.9. The highest BCUT2D eigenvalue weighted by atomic mass is 32.2. The number of aromatic nitrogens is 1. The minimum absolute atomic E-state index is 0. The number of benzene rings is 2. The maximum absolute atomic E-state index is 14.0. The number of anilines is 1. The number of Topliss-reactive ketones (excluding diaryl/α,β-unsaturated/α-hetero) is 1. The molecule has 0 unspecified atom stereocenters. The number of sulfone groups is 1. The lowest BCUT2D eigenvalue weighted by molar-refractivity contribution is -0.169. The zero-order valence-electron chi connectivity index (χ0n) is 19.7. The SMILES string of the molecule is C[C@@H](c1ccc2c(c1)O[C@]1(O)c3cccc(N)c3C(=O)[C@]21NC(=O)c1ccc(S(C)(=O)=O)[nH]1)C1CC1.[HH]. The first-order valence-electron chi connectivity index (χ1n) is 11.7. The van der Waals surface area contributed by atoms with Gasteiger partial charge in [0.2, 0.25) is 11.3 Å². The van der Waals surface area contributed by atoms with E-state index in [2.05, 4.69) is 17.2 Å². The molecule has 36 heavy (non-hydrogen) atoms. The fourth-order valence-electron chi connectivity index (χ4n) is 5.50. The van der Waals surface area contributed by atoms with E-state index in [4.69, 9.17) is 10.5 Å². The number of carbonyl (C=O) groups excluding carboxylic acids is 2. The van der Waals surface area contributed by atoms with Crippen molar-refractivity contribution in [3.05, 3.63) is 76.5 Å². The fourth-order valence-corrected chi connectivity index (χ4v) is 6.11. The molecular formula is C26H27N3O6S. The first-order valence-corrected chi connectivity index (χ1v) is 13.6. The quantitative estimate of drug-likeness (QED) is 0.386. The molecule has 0 radical (unpaired) electrons. The number of nitrogen functional groups attached to an aromatic ring is 1. The summed E-state index contributed by atoms with van der Waals surface area (Å²) in [6.07, 6.45) is 3.32. The molecule has 3 aliphatic rings. The minimum atomic E-state index is -3.59. The van der Waals surface area contributed by atoms with E-state index >= 15 is 0 Å². The smallest absolute Gasteiger partial charge is 0.271 e. The molecule has 5 N–H and O–H groups in total. The number of aliphatic hydroxyl groups is 1. The molecule has 2 heterocycles. The summed E-state index contributed by atoms with van der Waals surface area (Å²) in [5, 5.41) is 14.6.